The molecule has 0 heterocycles. The normalized spacial score (nSPS) is 13.6. The molecule has 0 saturated heterocycles. The monoisotopic (exact) mass is 296 g/mol. The minimum atomic E-state index is -1.11. The first-order valence-electron chi connectivity index (χ1n) is 7.70. The summed E-state index contributed by atoms with van der Waals surface area (Å²) in [6.07, 6.45) is 19.0. The lowest BCUT2D eigenvalue weighted by molar-refractivity contribution is -0.277. The van der Waals surface area contributed by atoms with Gasteiger partial charge in [-0.1, -0.05) is 56.2 Å². The van der Waals surface area contributed by atoms with Gasteiger partial charge in [-0.2, -0.15) is 0 Å². The molecule has 0 radical (unpaired) electrons. The molecule has 0 bridgehead atoms. The van der Waals surface area contributed by atoms with Gasteiger partial charge in [-0.15, -0.1) is 0 Å². The van der Waals surface area contributed by atoms with Gasteiger partial charge in [0.2, 0.25) is 0 Å². The summed E-state index contributed by atoms with van der Waals surface area (Å²) in [5.41, 5.74) is 0. The Balaban J connectivity index is 3.44. The number of carboxylic acids is 1. The van der Waals surface area contributed by atoms with Crippen LogP contribution < -0.4 is 0 Å². The molecule has 120 valence electrons. The van der Waals surface area contributed by atoms with E-state index in [0.29, 0.717) is 6.42 Å². The third kappa shape index (κ3) is 13.4. The third-order valence-corrected chi connectivity index (χ3v) is 3.02. The highest BCUT2D eigenvalue weighted by Gasteiger charge is 2.16. The summed E-state index contributed by atoms with van der Waals surface area (Å²) in [6.45, 7) is 2.13. The second kappa shape index (κ2) is 15.0. The van der Waals surface area contributed by atoms with Gasteiger partial charge in [0.15, 0.2) is 6.10 Å². The summed E-state index contributed by atoms with van der Waals surface area (Å²) in [6, 6.07) is 0. The van der Waals surface area contributed by atoms with Crippen molar-refractivity contribution in [2.75, 3.05) is 0 Å². The molecule has 0 fully saturated rings. The Bertz CT molecular complexity index is 332. The molecule has 0 rings (SSSR count). The van der Waals surface area contributed by atoms with Crippen molar-refractivity contribution < 1.29 is 20.0 Å². The zero-order valence-corrected chi connectivity index (χ0v) is 12.9. The fourth-order valence-electron chi connectivity index (χ4n) is 1.82. The van der Waals surface area contributed by atoms with Crippen molar-refractivity contribution in [3.63, 3.8) is 0 Å². The Labute approximate surface area is 127 Å². The van der Waals surface area contributed by atoms with Gasteiger partial charge in [0, 0.05) is 0 Å². The molecule has 0 unspecified atom stereocenters. The molecule has 0 aromatic heterocycles. The van der Waals surface area contributed by atoms with Gasteiger partial charge in [-0.25, -0.2) is 9.68 Å². The van der Waals surface area contributed by atoms with Gasteiger partial charge in [-0.3, -0.25) is 5.26 Å². The summed E-state index contributed by atoms with van der Waals surface area (Å²) in [7, 11) is 0. The van der Waals surface area contributed by atoms with Crippen molar-refractivity contribution in [2.24, 2.45) is 0 Å². The molecule has 0 saturated carbocycles. The number of hydrogen-bond donors (Lipinski definition) is 2. The van der Waals surface area contributed by atoms with E-state index >= 15 is 0 Å². The van der Waals surface area contributed by atoms with E-state index in [1.54, 1.807) is 0 Å². The van der Waals surface area contributed by atoms with Crippen LogP contribution in [0.15, 0.2) is 36.5 Å². The molecular weight excluding hydrogens is 268 g/mol. The van der Waals surface area contributed by atoms with E-state index in [-0.39, 0.29) is 0 Å². The van der Waals surface area contributed by atoms with Crippen molar-refractivity contribution in [2.45, 2.75) is 64.4 Å². The van der Waals surface area contributed by atoms with Gasteiger partial charge < -0.3 is 5.11 Å². The van der Waals surface area contributed by atoms with E-state index in [9.17, 15) is 4.79 Å². The predicted molar refractivity (Wildman–Crippen MR) is 85.2 cm³/mol. The SMILES string of the molecule is CC/C=C\C/C=C\C/C=C\CCCCC[C@@H](OO)C(=O)O. The quantitative estimate of drug-likeness (QED) is 0.223. The lowest BCUT2D eigenvalue weighted by Crippen LogP contribution is -2.22. The third-order valence-electron chi connectivity index (χ3n) is 3.02. The predicted octanol–water partition coefficient (Wildman–Crippen LogP) is 4.74. The Morgan fingerprint density at radius 3 is 2.19 bits per heavy atom. The fraction of sp³-hybridized carbons (Fsp3) is 0.588. The first-order valence-corrected chi connectivity index (χ1v) is 7.70. The average molecular weight is 296 g/mol. The molecule has 0 aliphatic rings. The zero-order chi connectivity index (χ0) is 15.8. The summed E-state index contributed by atoms with van der Waals surface area (Å²) >= 11 is 0. The van der Waals surface area contributed by atoms with E-state index in [1.165, 1.54) is 0 Å². The lowest BCUT2D eigenvalue weighted by atomic mass is 10.1. The van der Waals surface area contributed by atoms with Gasteiger partial charge in [0.05, 0.1) is 0 Å². The van der Waals surface area contributed by atoms with Crippen LogP contribution in [0.4, 0.5) is 0 Å². The summed E-state index contributed by atoms with van der Waals surface area (Å²) < 4.78 is 0. The molecule has 4 heteroatoms. The first-order chi connectivity index (χ1) is 10.2. The van der Waals surface area contributed by atoms with Crippen LogP contribution in [0.25, 0.3) is 0 Å². The smallest absolute Gasteiger partial charge is 0.336 e. The number of carbonyl (C=O) groups is 1. The molecular formula is C17H28O4. The summed E-state index contributed by atoms with van der Waals surface area (Å²) in [5, 5.41) is 17.0. The number of hydrogen-bond acceptors (Lipinski definition) is 3. The molecule has 0 aromatic carbocycles. The fourth-order valence-corrected chi connectivity index (χ4v) is 1.82. The zero-order valence-electron chi connectivity index (χ0n) is 12.9. The van der Waals surface area contributed by atoms with Crippen molar-refractivity contribution in [1.82, 2.24) is 0 Å². The standard InChI is InChI=1S/C17H28O4/c1-2-3-4-5-6-7-8-9-10-11-12-13-14-15-16(21-20)17(18)19/h3-4,6-7,9-10,16,20H,2,5,8,11-15H2,1H3,(H,18,19)/b4-3-,7-6-,10-9-/t16-/m1/s1. The highest BCUT2D eigenvalue weighted by molar-refractivity contribution is 5.72. The van der Waals surface area contributed by atoms with Gasteiger partial charge >= 0.3 is 5.97 Å². The number of carboxylic acid groups (broad SMARTS) is 1. The van der Waals surface area contributed by atoms with Crippen molar-refractivity contribution in [3.05, 3.63) is 36.5 Å². The van der Waals surface area contributed by atoms with Crippen molar-refractivity contribution in [1.29, 1.82) is 0 Å². The molecule has 2 N–H and O–H groups in total. The second-order valence-electron chi connectivity index (χ2n) is 4.86. The van der Waals surface area contributed by atoms with E-state index in [2.05, 4.69) is 48.3 Å². The van der Waals surface area contributed by atoms with Crippen LogP contribution in [0.3, 0.4) is 0 Å². The Morgan fingerprint density at radius 2 is 1.62 bits per heavy atom. The Hall–Kier alpha value is -1.39. The first kappa shape index (κ1) is 19.6. The summed E-state index contributed by atoms with van der Waals surface area (Å²) in [5.74, 6) is -1.11. The highest BCUT2D eigenvalue weighted by atomic mass is 17.1. The van der Waals surface area contributed by atoms with Crippen LogP contribution in [0.5, 0.6) is 0 Å². The van der Waals surface area contributed by atoms with E-state index in [4.69, 9.17) is 10.4 Å². The average Bonchev–Trinajstić information content (AvgIpc) is 2.47. The molecule has 4 nitrogen and oxygen atoms in total. The summed E-state index contributed by atoms with van der Waals surface area (Å²) in [4.78, 5) is 14.5. The van der Waals surface area contributed by atoms with Crippen LogP contribution in [-0.4, -0.2) is 22.4 Å². The van der Waals surface area contributed by atoms with Gasteiger partial charge in [0.1, 0.15) is 0 Å². The number of rotatable bonds is 13. The number of allylic oxidation sites excluding steroid dienone is 6. The van der Waals surface area contributed by atoms with Crippen molar-refractivity contribution in [3.8, 4) is 0 Å². The maximum absolute atomic E-state index is 10.6. The van der Waals surface area contributed by atoms with Gasteiger partial charge in [0.25, 0.3) is 0 Å². The van der Waals surface area contributed by atoms with Crippen molar-refractivity contribution >= 4 is 5.97 Å². The van der Waals surface area contributed by atoms with Gasteiger partial charge in [-0.05, 0) is 38.5 Å². The largest absolute Gasteiger partial charge is 0.479 e. The van der Waals surface area contributed by atoms with E-state index < -0.39 is 12.1 Å². The van der Waals surface area contributed by atoms with Crippen LogP contribution in [0, 0.1) is 0 Å². The van der Waals surface area contributed by atoms with E-state index in [1.807, 2.05) is 0 Å². The minimum absolute atomic E-state index is 0.351. The minimum Gasteiger partial charge on any atom is -0.479 e. The Morgan fingerprint density at radius 1 is 1.00 bits per heavy atom. The number of unbranched alkanes of at least 4 members (excludes halogenated alkanes) is 3. The van der Waals surface area contributed by atoms with Crippen LogP contribution in [-0.2, 0) is 9.68 Å². The van der Waals surface area contributed by atoms with Crippen LogP contribution in [0.1, 0.15) is 58.3 Å². The Kier molecular flexibility index (Phi) is 14.0. The maximum atomic E-state index is 10.6. The van der Waals surface area contributed by atoms with E-state index in [0.717, 1.165) is 44.9 Å². The molecule has 0 aliphatic heterocycles. The number of aliphatic carboxylic acids is 1. The molecule has 0 spiro atoms. The topological polar surface area (TPSA) is 66.8 Å². The lowest BCUT2D eigenvalue weighted by Gasteiger charge is -2.07. The molecule has 21 heavy (non-hydrogen) atoms. The van der Waals surface area contributed by atoms with Crippen LogP contribution in [0.2, 0.25) is 0 Å². The van der Waals surface area contributed by atoms with Crippen LogP contribution >= 0.6 is 0 Å². The molecule has 1 atom stereocenters. The second-order valence-corrected chi connectivity index (χ2v) is 4.86. The molecule has 0 aliphatic carbocycles. The molecule has 0 amide bonds. The maximum Gasteiger partial charge on any atom is 0.336 e. The highest BCUT2D eigenvalue weighted by Crippen LogP contribution is 2.08. The molecule has 0 aromatic rings.